The summed E-state index contributed by atoms with van der Waals surface area (Å²) in [7, 11) is 1.65. The van der Waals surface area contributed by atoms with Crippen LogP contribution in [0.25, 0.3) is 10.6 Å². The normalized spacial score (nSPS) is 11.1. The van der Waals surface area contributed by atoms with Crippen LogP contribution in [0.3, 0.4) is 0 Å². The average Bonchev–Trinajstić information content (AvgIpc) is 2.94. The first-order chi connectivity index (χ1) is 9.28. The van der Waals surface area contributed by atoms with Crippen LogP contribution in [0.15, 0.2) is 60.1 Å². The lowest BCUT2D eigenvalue weighted by Crippen LogP contribution is -1.95. The van der Waals surface area contributed by atoms with Crippen molar-refractivity contribution in [2.45, 2.75) is 0 Å². The molecule has 2 rings (SSSR count). The number of aromatic nitrogens is 1. The molecule has 0 aliphatic carbocycles. The van der Waals surface area contributed by atoms with E-state index in [1.807, 2.05) is 29.6 Å². The molecule has 19 heavy (non-hydrogen) atoms. The third-order valence-corrected chi connectivity index (χ3v) is 3.42. The van der Waals surface area contributed by atoms with E-state index in [9.17, 15) is 0 Å². The average molecular weight is 270 g/mol. The highest BCUT2D eigenvalue weighted by molar-refractivity contribution is 7.13. The Morgan fingerprint density at radius 1 is 1.32 bits per heavy atom. The molecule has 1 heterocycles. The van der Waals surface area contributed by atoms with E-state index in [2.05, 4.69) is 23.1 Å². The zero-order valence-electron chi connectivity index (χ0n) is 10.7. The van der Waals surface area contributed by atoms with Gasteiger partial charge in [0.1, 0.15) is 16.5 Å². The highest BCUT2D eigenvalue weighted by Gasteiger charge is 2.07. The number of allylic oxidation sites excluding steroid dienone is 1. The summed E-state index contributed by atoms with van der Waals surface area (Å²) in [5.74, 6) is 0.834. The molecule has 0 saturated carbocycles. The predicted molar refractivity (Wildman–Crippen MR) is 81.0 cm³/mol. The molecule has 96 valence electrons. The van der Waals surface area contributed by atoms with Gasteiger partial charge in [0.05, 0.1) is 12.8 Å². The highest BCUT2D eigenvalue weighted by Crippen LogP contribution is 2.26. The van der Waals surface area contributed by atoms with Gasteiger partial charge in [0.15, 0.2) is 0 Å². The van der Waals surface area contributed by atoms with Crippen LogP contribution < -0.4 is 4.74 Å². The van der Waals surface area contributed by atoms with Crippen LogP contribution in [-0.2, 0) is 0 Å². The fourth-order valence-corrected chi connectivity index (χ4v) is 2.40. The third-order valence-electron chi connectivity index (χ3n) is 2.53. The van der Waals surface area contributed by atoms with Crippen molar-refractivity contribution in [3.63, 3.8) is 0 Å². The molecule has 2 aromatic rings. The first-order valence-corrected chi connectivity index (χ1v) is 6.58. The second-order valence-electron chi connectivity index (χ2n) is 3.67. The van der Waals surface area contributed by atoms with Crippen LogP contribution >= 0.6 is 11.3 Å². The zero-order chi connectivity index (χ0) is 13.7. The maximum Gasteiger partial charge on any atom is 0.124 e. The summed E-state index contributed by atoms with van der Waals surface area (Å²) < 4.78 is 5.14. The summed E-state index contributed by atoms with van der Waals surface area (Å²) >= 11 is 1.57. The summed E-state index contributed by atoms with van der Waals surface area (Å²) in [6.07, 6.45) is 3.16. The predicted octanol–water partition coefficient (Wildman–Crippen LogP) is 3.94. The van der Waals surface area contributed by atoms with Gasteiger partial charge in [0, 0.05) is 17.1 Å². The molecule has 0 radical (unpaired) electrons. The van der Waals surface area contributed by atoms with Crippen LogP contribution in [0.2, 0.25) is 0 Å². The number of rotatable bonds is 5. The minimum atomic E-state index is 0.728. The Bertz CT molecular complexity index is 611. The van der Waals surface area contributed by atoms with Crippen molar-refractivity contribution in [1.29, 1.82) is 0 Å². The number of nitrogens with zero attached hydrogens (tertiary/aromatic N) is 2. The number of methoxy groups -OCH3 is 1. The van der Waals surface area contributed by atoms with E-state index in [0.29, 0.717) is 0 Å². The minimum Gasteiger partial charge on any atom is -0.497 e. The molecule has 0 amide bonds. The van der Waals surface area contributed by atoms with E-state index in [-0.39, 0.29) is 0 Å². The third kappa shape index (κ3) is 2.98. The number of ether oxygens (including phenoxy) is 1. The molecular formula is C15H14N2OS. The SMILES string of the molecule is C=CN=C(C=C)c1csc(-c2ccc(OC)cc2)n1. The molecular weight excluding hydrogens is 256 g/mol. The molecule has 0 saturated heterocycles. The van der Waals surface area contributed by atoms with E-state index in [1.54, 1.807) is 24.5 Å². The Kier molecular flexibility index (Phi) is 4.26. The summed E-state index contributed by atoms with van der Waals surface area (Å²) in [6.45, 7) is 7.31. The number of benzene rings is 1. The second kappa shape index (κ2) is 6.11. The summed E-state index contributed by atoms with van der Waals surface area (Å²) in [5, 5.41) is 2.90. The van der Waals surface area contributed by atoms with Crippen molar-refractivity contribution in [3.8, 4) is 16.3 Å². The Morgan fingerprint density at radius 3 is 2.63 bits per heavy atom. The van der Waals surface area contributed by atoms with E-state index in [1.165, 1.54) is 6.20 Å². The van der Waals surface area contributed by atoms with Gasteiger partial charge in [0.25, 0.3) is 0 Å². The smallest absolute Gasteiger partial charge is 0.124 e. The summed E-state index contributed by atoms with van der Waals surface area (Å²) in [4.78, 5) is 8.69. The van der Waals surface area contributed by atoms with Gasteiger partial charge in [-0.2, -0.15) is 0 Å². The molecule has 0 aliphatic heterocycles. The van der Waals surface area contributed by atoms with E-state index in [0.717, 1.165) is 27.7 Å². The van der Waals surface area contributed by atoms with Crippen molar-refractivity contribution in [2.75, 3.05) is 7.11 Å². The molecule has 1 aromatic heterocycles. The zero-order valence-corrected chi connectivity index (χ0v) is 11.5. The van der Waals surface area contributed by atoms with Crippen molar-refractivity contribution in [2.24, 2.45) is 4.99 Å². The first-order valence-electron chi connectivity index (χ1n) is 5.70. The van der Waals surface area contributed by atoms with Crippen molar-refractivity contribution >= 4 is 17.0 Å². The van der Waals surface area contributed by atoms with Crippen molar-refractivity contribution in [3.05, 3.63) is 60.8 Å². The van der Waals surface area contributed by atoms with Gasteiger partial charge in [-0.15, -0.1) is 11.3 Å². The summed E-state index contributed by atoms with van der Waals surface area (Å²) in [6, 6.07) is 7.81. The molecule has 0 N–H and O–H groups in total. The first kappa shape index (κ1) is 13.2. The molecule has 0 bridgehead atoms. The molecule has 0 atom stereocenters. The topological polar surface area (TPSA) is 34.5 Å². The lowest BCUT2D eigenvalue weighted by molar-refractivity contribution is 0.415. The van der Waals surface area contributed by atoms with Gasteiger partial charge in [-0.3, -0.25) is 4.99 Å². The standard InChI is InChI=1S/C15H14N2OS/c1-4-13(16-5-2)14-10-19-15(17-14)11-6-8-12(18-3)9-7-11/h4-10H,1-2H2,3H3. The van der Waals surface area contributed by atoms with Crippen LogP contribution in [-0.4, -0.2) is 17.8 Å². The minimum absolute atomic E-state index is 0.728. The molecule has 0 fully saturated rings. The number of hydrogen-bond acceptors (Lipinski definition) is 4. The van der Waals surface area contributed by atoms with Gasteiger partial charge in [-0.1, -0.05) is 13.2 Å². The van der Waals surface area contributed by atoms with Crippen molar-refractivity contribution in [1.82, 2.24) is 4.98 Å². The van der Waals surface area contributed by atoms with Gasteiger partial charge >= 0.3 is 0 Å². The van der Waals surface area contributed by atoms with E-state index in [4.69, 9.17) is 4.74 Å². The fraction of sp³-hybridized carbons (Fsp3) is 0.0667. The van der Waals surface area contributed by atoms with Crippen LogP contribution in [0, 0.1) is 0 Å². The number of aliphatic imine (C=N–C) groups is 1. The fourth-order valence-electron chi connectivity index (χ4n) is 1.58. The van der Waals surface area contributed by atoms with Gasteiger partial charge in [-0.05, 0) is 30.3 Å². The maximum atomic E-state index is 5.14. The second-order valence-corrected chi connectivity index (χ2v) is 4.53. The Morgan fingerprint density at radius 2 is 2.05 bits per heavy atom. The molecule has 1 aromatic carbocycles. The van der Waals surface area contributed by atoms with Crippen molar-refractivity contribution < 1.29 is 4.74 Å². The van der Waals surface area contributed by atoms with E-state index < -0.39 is 0 Å². The van der Waals surface area contributed by atoms with Gasteiger partial charge in [-0.25, -0.2) is 4.98 Å². The van der Waals surface area contributed by atoms with E-state index >= 15 is 0 Å². The van der Waals surface area contributed by atoms with Gasteiger partial charge in [0.2, 0.25) is 0 Å². The Labute approximate surface area is 116 Å². The Balaban J connectivity index is 2.31. The molecule has 0 unspecified atom stereocenters. The number of thiazole rings is 1. The lowest BCUT2D eigenvalue weighted by Gasteiger charge is -2.00. The van der Waals surface area contributed by atoms with Crippen LogP contribution in [0.5, 0.6) is 5.75 Å². The molecule has 0 spiro atoms. The van der Waals surface area contributed by atoms with Crippen LogP contribution in [0.1, 0.15) is 5.69 Å². The lowest BCUT2D eigenvalue weighted by atomic mass is 10.2. The Hall–Kier alpha value is -2.20. The quantitative estimate of drug-likeness (QED) is 0.771. The number of hydrogen-bond donors (Lipinski definition) is 0. The van der Waals surface area contributed by atoms with Crippen LogP contribution in [0.4, 0.5) is 0 Å². The monoisotopic (exact) mass is 270 g/mol. The molecule has 0 aliphatic rings. The maximum absolute atomic E-state index is 5.14. The molecule has 3 nitrogen and oxygen atoms in total. The molecule has 4 heteroatoms. The van der Waals surface area contributed by atoms with Gasteiger partial charge < -0.3 is 4.74 Å². The summed E-state index contributed by atoms with van der Waals surface area (Å²) in [5.41, 5.74) is 2.59. The highest BCUT2D eigenvalue weighted by atomic mass is 32.1. The largest absolute Gasteiger partial charge is 0.497 e.